The Labute approximate surface area is 132 Å². The van der Waals surface area contributed by atoms with Crippen LogP contribution < -0.4 is 0 Å². The monoisotopic (exact) mass is 284 g/mol. The lowest BCUT2D eigenvalue weighted by Gasteiger charge is -2.06. The van der Waals surface area contributed by atoms with Crippen molar-refractivity contribution < 1.29 is 0 Å². The van der Waals surface area contributed by atoms with Gasteiger partial charge in [-0.15, -0.1) is 0 Å². The van der Waals surface area contributed by atoms with Crippen molar-refractivity contribution in [3.05, 3.63) is 102 Å². The molecule has 0 spiro atoms. The Bertz CT molecular complexity index is 745. The first-order chi connectivity index (χ1) is 10.7. The van der Waals surface area contributed by atoms with Crippen molar-refractivity contribution in [1.29, 1.82) is 0 Å². The van der Waals surface area contributed by atoms with Crippen LogP contribution in [0.2, 0.25) is 0 Å². The molecule has 22 heavy (non-hydrogen) atoms. The van der Waals surface area contributed by atoms with Crippen molar-refractivity contribution >= 4 is 6.08 Å². The first kappa shape index (κ1) is 14.3. The Morgan fingerprint density at radius 2 is 1.14 bits per heavy atom. The molecule has 0 heteroatoms. The van der Waals surface area contributed by atoms with Crippen LogP contribution in [-0.4, -0.2) is 0 Å². The smallest absolute Gasteiger partial charge is 0.00258 e. The van der Waals surface area contributed by atoms with Gasteiger partial charge in [0.2, 0.25) is 0 Å². The highest BCUT2D eigenvalue weighted by Crippen LogP contribution is 2.21. The number of rotatable bonds is 4. The Kier molecular flexibility index (Phi) is 4.20. The summed E-state index contributed by atoms with van der Waals surface area (Å²) in [7, 11) is 0. The molecule has 0 aliphatic heterocycles. The summed E-state index contributed by atoms with van der Waals surface area (Å²) < 4.78 is 0. The van der Waals surface area contributed by atoms with Crippen molar-refractivity contribution in [2.24, 2.45) is 0 Å². The van der Waals surface area contributed by atoms with Gasteiger partial charge in [0, 0.05) is 0 Å². The SMILES string of the molecule is C=Cc1ccc(Cc2ccc(-c3ccc(C)cc3)cc2)cc1. The minimum Gasteiger partial charge on any atom is -0.0985 e. The van der Waals surface area contributed by atoms with E-state index in [4.69, 9.17) is 0 Å². The first-order valence-corrected chi connectivity index (χ1v) is 7.62. The van der Waals surface area contributed by atoms with Gasteiger partial charge in [-0.25, -0.2) is 0 Å². The van der Waals surface area contributed by atoms with E-state index in [0.29, 0.717) is 0 Å². The molecule has 0 fully saturated rings. The highest BCUT2D eigenvalue weighted by atomic mass is 14.0. The molecule has 0 amide bonds. The van der Waals surface area contributed by atoms with E-state index in [2.05, 4.69) is 86.3 Å². The summed E-state index contributed by atoms with van der Waals surface area (Å²) in [4.78, 5) is 0. The fraction of sp³-hybridized carbons (Fsp3) is 0.0909. The third-order valence-electron chi connectivity index (χ3n) is 3.96. The van der Waals surface area contributed by atoms with Crippen LogP contribution in [0.5, 0.6) is 0 Å². The normalized spacial score (nSPS) is 10.4. The van der Waals surface area contributed by atoms with E-state index in [0.717, 1.165) is 6.42 Å². The first-order valence-electron chi connectivity index (χ1n) is 7.62. The zero-order valence-electron chi connectivity index (χ0n) is 12.9. The molecule has 0 saturated carbocycles. The molecule has 0 bridgehead atoms. The number of hydrogen-bond donors (Lipinski definition) is 0. The maximum Gasteiger partial charge on any atom is -0.00258 e. The second kappa shape index (κ2) is 6.44. The van der Waals surface area contributed by atoms with Gasteiger partial charge < -0.3 is 0 Å². The van der Waals surface area contributed by atoms with Crippen LogP contribution in [0, 0.1) is 6.92 Å². The third kappa shape index (κ3) is 3.35. The highest BCUT2D eigenvalue weighted by Gasteiger charge is 2.00. The van der Waals surface area contributed by atoms with Crippen LogP contribution in [0.4, 0.5) is 0 Å². The Morgan fingerprint density at radius 1 is 0.682 bits per heavy atom. The summed E-state index contributed by atoms with van der Waals surface area (Å²) >= 11 is 0. The van der Waals surface area contributed by atoms with E-state index in [1.165, 1.54) is 33.4 Å². The van der Waals surface area contributed by atoms with Gasteiger partial charge in [0.05, 0.1) is 0 Å². The van der Waals surface area contributed by atoms with E-state index >= 15 is 0 Å². The van der Waals surface area contributed by atoms with Crippen LogP contribution in [0.3, 0.4) is 0 Å². The predicted octanol–water partition coefficient (Wildman–Crippen LogP) is 5.90. The minimum absolute atomic E-state index is 0.964. The summed E-state index contributed by atoms with van der Waals surface area (Å²) in [6.45, 7) is 5.90. The van der Waals surface area contributed by atoms with E-state index in [9.17, 15) is 0 Å². The summed E-state index contributed by atoms with van der Waals surface area (Å²) in [5, 5.41) is 0. The van der Waals surface area contributed by atoms with E-state index in [1.807, 2.05) is 6.08 Å². The third-order valence-corrected chi connectivity index (χ3v) is 3.96. The molecule has 0 nitrogen and oxygen atoms in total. The standard InChI is InChI=1S/C22H20/c1-3-18-6-8-19(9-7-18)16-20-10-14-22(15-11-20)21-12-4-17(2)5-13-21/h3-15H,1,16H2,2H3. The lowest BCUT2D eigenvalue weighted by Crippen LogP contribution is -1.88. The summed E-state index contributed by atoms with van der Waals surface area (Å²) in [5.41, 5.74) is 7.66. The molecular formula is C22H20. The van der Waals surface area contributed by atoms with Crippen LogP contribution in [-0.2, 0) is 6.42 Å². The Morgan fingerprint density at radius 3 is 1.64 bits per heavy atom. The molecule has 3 aromatic carbocycles. The second-order valence-electron chi connectivity index (χ2n) is 5.69. The fourth-order valence-corrected chi connectivity index (χ4v) is 2.57. The molecule has 0 radical (unpaired) electrons. The molecular weight excluding hydrogens is 264 g/mol. The largest absolute Gasteiger partial charge is 0.0985 e. The lowest BCUT2D eigenvalue weighted by atomic mass is 9.99. The van der Waals surface area contributed by atoms with Crippen LogP contribution in [0.1, 0.15) is 22.3 Å². The second-order valence-corrected chi connectivity index (χ2v) is 5.69. The molecule has 0 atom stereocenters. The highest BCUT2D eigenvalue weighted by molar-refractivity contribution is 5.64. The Balaban J connectivity index is 1.75. The summed E-state index contributed by atoms with van der Waals surface area (Å²) in [5.74, 6) is 0. The maximum absolute atomic E-state index is 3.79. The van der Waals surface area contributed by atoms with Gasteiger partial charge >= 0.3 is 0 Å². The molecule has 0 aliphatic rings. The average Bonchev–Trinajstić information content (AvgIpc) is 2.57. The number of hydrogen-bond acceptors (Lipinski definition) is 0. The minimum atomic E-state index is 0.964. The molecule has 0 N–H and O–H groups in total. The quantitative estimate of drug-likeness (QED) is 0.560. The molecule has 0 unspecified atom stereocenters. The maximum atomic E-state index is 3.79. The molecule has 0 aliphatic carbocycles. The topological polar surface area (TPSA) is 0 Å². The van der Waals surface area contributed by atoms with Gasteiger partial charge in [-0.05, 0) is 41.2 Å². The average molecular weight is 284 g/mol. The van der Waals surface area contributed by atoms with Crippen molar-refractivity contribution in [1.82, 2.24) is 0 Å². The van der Waals surface area contributed by atoms with E-state index in [-0.39, 0.29) is 0 Å². The van der Waals surface area contributed by atoms with Gasteiger partial charge in [0.1, 0.15) is 0 Å². The van der Waals surface area contributed by atoms with Gasteiger partial charge in [0.15, 0.2) is 0 Å². The molecule has 0 saturated heterocycles. The number of benzene rings is 3. The van der Waals surface area contributed by atoms with Crippen molar-refractivity contribution in [2.45, 2.75) is 13.3 Å². The zero-order chi connectivity index (χ0) is 15.4. The molecule has 3 aromatic rings. The molecule has 108 valence electrons. The molecule has 0 aromatic heterocycles. The predicted molar refractivity (Wildman–Crippen MR) is 96.0 cm³/mol. The van der Waals surface area contributed by atoms with Crippen LogP contribution >= 0.6 is 0 Å². The van der Waals surface area contributed by atoms with Gasteiger partial charge in [-0.1, -0.05) is 91.0 Å². The van der Waals surface area contributed by atoms with E-state index < -0.39 is 0 Å². The van der Waals surface area contributed by atoms with E-state index in [1.54, 1.807) is 0 Å². The van der Waals surface area contributed by atoms with Crippen molar-refractivity contribution in [3.63, 3.8) is 0 Å². The van der Waals surface area contributed by atoms with Crippen molar-refractivity contribution in [2.75, 3.05) is 0 Å². The number of aryl methyl sites for hydroxylation is 1. The van der Waals surface area contributed by atoms with Gasteiger partial charge in [-0.3, -0.25) is 0 Å². The zero-order valence-corrected chi connectivity index (χ0v) is 12.9. The molecule has 3 rings (SSSR count). The van der Waals surface area contributed by atoms with Gasteiger partial charge in [-0.2, -0.15) is 0 Å². The summed E-state index contributed by atoms with van der Waals surface area (Å²) in [6.07, 6.45) is 2.84. The van der Waals surface area contributed by atoms with Crippen molar-refractivity contribution in [3.8, 4) is 11.1 Å². The van der Waals surface area contributed by atoms with Gasteiger partial charge in [0.25, 0.3) is 0 Å². The fourth-order valence-electron chi connectivity index (χ4n) is 2.57. The Hall–Kier alpha value is -2.60. The lowest BCUT2D eigenvalue weighted by molar-refractivity contribution is 1.19. The summed E-state index contributed by atoms with van der Waals surface area (Å²) in [6, 6.07) is 26.1. The van der Waals surface area contributed by atoms with Crippen LogP contribution in [0.25, 0.3) is 17.2 Å². The molecule has 0 heterocycles. The van der Waals surface area contributed by atoms with Crippen LogP contribution in [0.15, 0.2) is 79.4 Å².